The van der Waals surface area contributed by atoms with Crippen LogP contribution in [0, 0.1) is 5.92 Å². The largest absolute Gasteiger partial charge is 0.328 e. The Balaban J connectivity index is 0.00000180. The molecule has 0 aliphatic carbocycles. The maximum atomic E-state index is 12.2. The molecule has 0 bridgehead atoms. The van der Waals surface area contributed by atoms with Crippen molar-refractivity contribution in [2.45, 2.75) is 25.8 Å². The summed E-state index contributed by atoms with van der Waals surface area (Å²) in [6.45, 7) is 3.16. The molecule has 1 fully saturated rings. The maximum Gasteiger partial charge on any atom is 0.214 e. The predicted molar refractivity (Wildman–Crippen MR) is 82.4 cm³/mol. The number of rotatable bonds is 5. The summed E-state index contributed by atoms with van der Waals surface area (Å²) in [6, 6.07) is 4.01. The summed E-state index contributed by atoms with van der Waals surface area (Å²) in [7, 11) is -3.12. The van der Waals surface area contributed by atoms with Crippen LogP contribution in [0.4, 0.5) is 0 Å². The van der Waals surface area contributed by atoms with E-state index < -0.39 is 10.0 Å². The van der Waals surface area contributed by atoms with Crippen LogP contribution >= 0.6 is 23.7 Å². The summed E-state index contributed by atoms with van der Waals surface area (Å²) < 4.78 is 26.0. The van der Waals surface area contributed by atoms with Gasteiger partial charge in [0.25, 0.3) is 0 Å². The van der Waals surface area contributed by atoms with Crippen molar-refractivity contribution in [1.82, 2.24) is 4.31 Å². The highest BCUT2D eigenvalue weighted by atomic mass is 35.5. The van der Waals surface area contributed by atoms with E-state index in [0.29, 0.717) is 25.4 Å². The minimum Gasteiger partial charge on any atom is -0.328 e. The Morgan fingerprint density at radius 3 is 2.84 bits per heavy atom. The van der Waals surface area contributed by atoms with Gasteiger partial charge in [-0.2, -0.15) is 0 Å². The van der Waals surface area contributed by atoms with Gasteiger partial charge in [0.05, 0.1) is 5.75 Å². The second kappa shape index (κ2) is 7.04. The monoisotopic (exact) mass is 324 g/mol. The molecule has 2 unspecified atom stereocenters. The molecule has 2 rings (SSSR count). The molecule has 0 radical (unpaired) electrons. The van der Waals surface area contributed by atoms with Gasteiger partial charge in [-0.15, -0.1) is 23.7 Å². The number of halogens is 1. The Kier molecular flexibility index (Phi) is 6.26. The van der Waals surface area contributed by atoms with E-state index in [-0.39, 0.29) is 24.2 Å². The molecule has 0 spiro atoms. The minimum absolute atomic E-state index is 0. The van der Waals surface area contributed by atoms with E-state index in [4.69, 9.17) is 5.73 Å². The van der Waals surface area contributed by atoms with E-state index in [0.717, 1.165) is 11.3 Å². The van der Waals surface area contributed by atoms with Crippen LogP contribution in [-0.2, 0) is 16.4 Å². The summed E-state index contributed by atoms with van der Waals surface area (Å²) in [5, 5.41) is 1.98. The van der Waals surface area contributed by atoms with Gasteiger partial charge in [-0.05, 0) is 37.1 Å². The van der Waals surface area contributed by atoms with Crippen molar-refractivity contribution < 1.29 is 8.42 Å². The number of aryl methyl sites for hydroxylation is 1. The summed E-state index contributed by atoms with van der Waals surface area (Å²) in [4.78, 5) is 1.13. The molecule has 19 heavy (non-hydrogen) atoms. The van der Waals surface area contributed by atoms with Gasteiger partial charge in [-0.3, -0.25) is 0 Å². The Morgan fingerprint density at radius 1 is 1.58 bits per heavy atom. The normalized spacial score (nSPS) is 22.1. The highest BCUT2D eigenvalue weighted by molar-refractivity contribution is 7.89. The zero-order chi connectivity index (χ0) is 13.2. The minimum atomic E-state index is -3.12. The molecular formula is C12H21ClN2O2S2. The van der Waals surface area contributed by atoms with Crippen molar-refractivity contribution in [1.29, 1.82) is 0 Å². The third-order valence-electron chi connectivity index (χ3n) is 3.51. The molecule has 1 aliphatic heterocycles. The van der Waals surface area contributed by atoms with Gasteiger partial charge in [-0.1, -0.05) is 6.07 Å². The first-order valence-corrected chi connectivity index (χ1v) is 8.74. The Morgan fingerprint density at radius 2 is 2.32 bits per heavy atom. The zero-order valence-electron chi connectivity index (χ0n) is 11.0. The third kappa shape index (κ3) is 4.43. The van der Waals surface area contributed by atoms with Crippen LogP contribution in [0.15, 0.2) is 17.5 Å². The fourth-order valence-corrected chi connectivity index (χ4v) is 4.63. The van der Waals surface area contributed by atoms with Crippen molar-refractivity contribution in [3.8, 4) is 0 Å². The van der Waals surface area contributed by atoms with Crippen LogP contribution in [-0.4, -0.2) is 37.6 Å². The highest BCUT2D eigenvalue weighted by Gasteiger charge is 2.32. The number of sulfonamides is 1. The molecule has 7 heteroatoms. The first-order chi connectivity index (χ1) is 8.49. The molecule has 2 heterocycles. The summed E-state index contributed by atoms with van der Waals surface area (Å²) >= 11 is 1.61. The molecule has 110 valence electrons. The van der Waals surface area contributed by atoms with Gasteiger partial charge < -0.3 is 5.73 Å². The molecule has 0 saturated carbocycles. The number of nitrogens with zero attached hydrogens (tertiary/aromatic N) is 1. The Labute approximate surface area is 125 Å². The summed E-state index contributed by atoms with van der Waals surface area (Å²) in [5.74, 6) is 0.514. The van der Waals surface area contributed by atoms with Crippen LogP contribution in [0.3, 0.4) is 0 Å². The maximum absolute atomic E-state index is 12.2. The predicted octanol–water partition coefficient (Wildman–Crippen LogP) is 1.71. The Hall–Kier alpha value is -0.140. The lowest BCUT2D eigenvalue weighted by molar-refractivity contribution is 0.429. The number of hydrogen-bond donors (Lipinski definition) is 1. The van der Waals surface area contributed by atoms with Crippen LogP contribution in [0.2, 0.25) is 0 Å². The lowest BCUT2D eigenvalue weighted by atomic mass is 10.0. The van der Waals surface area contributed by atoms with Crippen LogP contribution in [0.1, 0.15) is 18.2 Å². The fraction of sp³-hybridized carbons (Fsp3) is 0.667. The molecule has 1 aromatic rings. The van der Waals surface area contributed by atoms with Crippen molar-refractivity contribution in [2.75, 3.05) is 18.8 Å². The van der Waals surface area contributed by atoms with Gasteiger partial charge in [-0.25, -0.2) is 12.7 Å². The van der Waals surface area contributed by atoms with E-state index in [1.807, 2.05) is 24.4 Å². The molecule has 1 saturated heterocycles. The smallest absolute Gasteiger partial charge is 0.214 e. The lowest BCUT2D eigenvalue weighted by Gasteiger charge is -2.17. The standard InChI is InChI=1S/C12H20N2O2S2.ClH/c1-10(13)11-4-6-14(9-11)18(15,16)8-5-12-3-2-7-17-12;/h2-3,7,10-11H,4-6,8-9,13H2,1H3;1H. The van der Waals surface area contributed by atoms with Crippen molar-refractivity contribution in [2.24, 2.45) is 11.7 Å². The van der Waals surface area contributed by atoms with Crippen molar-refractivity contribution >= 4 is 33.8 Å². The van der Waals surface area contributed by atoms with Crippen LogP contribution in [0.25, 0.3) is 0 Å². The van der Waals surface area contributed by atoms with Crippen LogP contribution in [0.5, 0.6) is 0 Å². The average Bonchev–Trinajstić information content (AvgIpc) is 2.98. The first kappa shape index (κ1) is 16.9. The van der Waals surface area contributed by atoms with Crippen molar-refractivity contribution in [3.05, 3.63) is 22.4 Å². The van der Waals surface area contributed by atoms with E-state index in [1.54, 1.807) is 15.6 Å². The third-order valence-corrected chi connectivity index (χ3v) is 6.29. The molecule has 4 nitrogen and oxygen atoms in total. The second-order valence-electron chi connectivity index (χ2n) is 4.91. The quantitative estimate of drug-likeness (QED) is 0.897. The SMILES string of the molecule is CC(N)C1CCN(S(=O)(=O)CCc2cccs2)C1.Cl. The van der Waals surface area contributed by atoms with E-state index in [1.165, 1.54) is 0 Å². The fourth-order valence-electron chi connectivity index (χ4n) is 2.25. The number of hydrogen-bond acceptors (Lipinski definition) is 4. The molecule has 0 amide bonds. The van der Waals surface area contributed by atoms with Crippen LogP contribution < -0.4 is 5.73 Å². The first-order valence-electron chi connectivity index (χ1n) is 6.25. The molecular weight excluding hydrogens is 304 g/mol. The number of nitrogens with two attached hydrogens (primary N) is 1. The van der Waals surface area contributed by atoms with E-state index >= 15 is 0 Å². The number of thiophene rings is 1. The van der Waals surface area contributed by atoms with Gasteiger partial charge in [0, 0.05) is 24.0 Å². The van der Waals surface area contributed by atoms with E-state index in [9.17, 15) is 8.42 Å². The van der Waals surface area contributed by atoms with Crippen molar-refractivity contribution in [3.63, 3.8) is 0 Å². The summed E-state index contributed by atoms with van der Waals surface area (Å²) in [6.07, 6.45) is 1.50. The molecule has 2 N–H and O–H groups in total. The van der Waals surface area contributed by atoms with Gasteiger partial charge in [0.1, 0.15) is 0 Å². The second-order valence-corrected chi connectivity index (χ2v) is 8.03. The molecule has 1 aliphatic rings. The zero-order valence-corrected chi connectivity index (χ0v) is 13.4. The van der Waals surface area contributed by atoms with Gasteiger partial charge in [0.15, 0.2) is 0 Å². The Bertz CT molecular complexity index is 474. The van der Waals surface area contributed by atoms with Gasteiger partial charge >= 0.3 is 0 Å². The molecule has 0 aromatic carbocycles. The van der Waals surface area contributed by atoms with Gasteiger partial charge in [0.2, 0.25) is 10.0 Å². The average molecular weight is 325 g/mol. The summed E-state index contributed by atoms with van der Waals surface area (Å²) in [5.41, 5.74) is 5.83. The molecule has 2 atom stereocenters. The lowest BCUT2D eigenvalue weighted by Crippen LogP contribution is -2.34. The molecule has 1 aromatic heterocycles. The van der Waals surface area contributed by atoms with E-state index in [2.05, 4.69) is 0 Å². The topological polar surface area (TPSA) is 63.4 Å². The highest BCUT2D eigenvalue weighted by Crippen LogP contribution is 2.22.